The van der Waals surface area contributed by atoms with Gasteiger partial charge in [0, 0.05) is 12.4 Å². The van der Waals surface area contributed by atoms with Crippen LogP contribution in [0.5, 0.6) is 0 Å². The van der Waals surface area contributed by atoms with Gasteiger partial charge >= 0.3 is 11.1 Å². The van der Waals surface area contributed by atoms with E-state index in [0.29, 0.717) is 16.9 Å². The molecule has 0 fully saturated rings. The SMILES string of the molecule is Cc1ccnc(C(C)C)c1-n1c(=O)c(=O)[nH]c2ncccc21. The molecule has 0 aliphatic carbocycles. The third-order valence-corrected chi connectivity index (χ3v) is 3.58. The molecule has 0 spiro atoms. The van der Waals surface area contributed by atoms with Gasteiger partial charge in [0.2, 0.25) is 0 Å². The van der Waals surface area contributed by atoms with Crippen LogP contribution in [-0.2, 0) is 0 Å². The van der Waals surface area contributed by atoms with Gasteiger partial charge in [-0.05, 0) is 36.6 Å². The van der Waals surface area contributed by atoms with Crippen molar-refractivity contribution < 1.29 is 0 Å². The molecule has 1 N–H and O–H groups in total. The van der Waals surface area contributed by atoms with E-state index in [1.54, 1.807) is 24.5 Å². The van der Waals surface area contributed by atoms with Crippen LogP contribution in [0.3, 0.4) is 0 Å². The summed E-state index contributed by atoms with van der Waals surface area (Å²) in [5.41, 5.74) is 1.94. The number of H-pyrrole nitrogens is 1. The summed E-state index contributed by atoms with van der Waals surface area (Å²) in [5.74, 6) is 0.118. The molecule has 0 aliphatic heterocycles. The lowest BCUT2D eigenvalue weighted by Crippen LogP contribution is -2.36. The van der Waals surface area contributed by atoms with Gasteiger partial charge in [0.25, 0.3) is 0 Å². The summed E-state index contributed by atoms with van der Waals surface area (Å²) < 4.78 is 1.42. The summed E-state index contributed by atoms with van der Waals surface area (Å²) >= 11 is 0. The van der Waals surface area contributed by atoms with Crippen LogP contribution >= 0.6 is 0 Å². The molecule has 0 aromatic carbocycles. The van der Waals surface area contributed by atoms with E-state index in [1.807, 2.05) is 26.8 Å². The number of nitrogens with zero attached hydrogens (tertiary/aromatic N) is 3. The second-order valence-electron chi connectivity index (χ2n) is 5.48. The zero-order chi connectivity index (χ0) is 15.9. The van der Waals surface area contributed by atoms with Crippen molar-refractivity contribution in [3.05, 3.63) is 62.6 Å². The molecule has 112 valence electrons. The fourth-order valence-electron chi connectivity index (χ4n) is 2.55. The Hall–Kier alpha value is -2.76. The van der Waals surface area contributed by atoms with Crippen LogP contribution in [0.25, 0.3) is 16.9 Å². The number of rotatable bonds is 2. The number of hydrogen-bond acceptors (Lipinski definition) is 4. The summed E-state index contributed by atoms with van der Waals surface area (Å²) in [4.78, 5) is 35.5. The number of aromatic nitrogens is 4. The van der Waals surface area contributed by atoms with E-state index in [1.165, 1.54) is 4.57 Å². The highest BCUT2D eigenvalue weighted by Gasteiger charge is 2.17. The number of hydrogen-bond donors (Lipinski definition) is 1. The maximum Gasteiger partial charge on any atom is 0.321 e. The van der Waals surface area contributed by atoms with E-state index >= 15 is 0 Å². The molecule has 0 unspecified atom stereocenters. The third kappa shape index (κ3) is 2.13. The number of nitrogens with one attached hydrogen (secondary N) is 1. The highest BCUT2D eigenvalue weighted by Crippen LogP contribution is 2.24. The Balaban J connectivity index is 2.54. The summed E-state index contributed by atoms with van der Waals surface area (Å²) in [6, 6.07) is 5.32. The zero-order valence-electron chi connectivity index (χ0n) is 12.6. The van der Waals surface area contributed by atoms with Crippen molar-refractivity contribution in [1.82, 2.24) is 19.5 Å². The second-order valence-corrected chi connectivity index (χ2v) is 5.48. The van der Waals surface area contributed by atoms with E-state index in [9.17, 15) is 9.59 Å². The molecule has 6 nitrogen and oxygen atoms in total. The summed E-state index contributed by atoms with van der Waals surface area (Å²) in [5, 5.41) is 0. The van der Waals surface area contributed by atoms with Gasteiger partial charge in [0.1, 0.15) is 0 Å². The number of pyridine rings is 2. The smallest absolute Gasteiger partial charge is 0.301 e. The van der Waals surface area contributed by atoms with Crippen LogP contribution in [0.4, 0.5) is 0 Å². The first-order valence-corrected chi connectivity index (χ1v) is 7.06. The highest BCUT2D eigenvalue weighted by atomic mass is 16.2. The van der Waals surface area contributed by atoms with Gasteiger partial charge in [-0.25, -0.2) is 4.98 Å². The van der Waals surface area contributed by atoms with Crippen LogP contribution in [0.1, 0.15) is 31.0 Å². The fourth-order valence-corrected chi connectivity index (χ4v) is 2.55. The molecule has 0 aliphatic rings. The van der Waals surface area contributed by atoms with Gasteiger partial charge in [-0.15, -0.1) is 0 Å². The number of aryl methyl sites for hydroxylation is 1. The maximum atomic E-state index is 12.5. The Morgan fingerprint density at radius 1 is 1.14 bits per heavy atom. The van der Waals surface area contributed by atoms with Crippen molar-refractivity contribution in [2.45, 2.75) is 26.7 Å². The van der Waals surface area contributed by atoms with Gasteiger partial charge in [-0.2, -0.15) is 0 Å². The lowest BCUT2D eigenvalue weighted by atomic mass is 10.0. The molecule has 0 radical (unpaired) electrons. The molecule has 0 saturated heterocycles. The second kappa shape index (κ2) is 5.22. The molecular weight excluding hydrogens is 280 g/mol. The third-order valence-electron chi connectivity index (χ3n) is 3.58. The van der Waals surface area contributed by atoms with E-state index < -0.39 is 11.1 Å². The summed E-state index contributed by atoms with van der Waals surface area (Å²) in [6.45, 7) is 5.91. The minimum absolute atomic E-state index is 0.118. The molecular formula is C16H16N4O2. The van der Waals surface area contributed by atoms with Crippen LogP contribution in [0, 0.1) is 6.92 Å². The molecule has 0 saturated carbocycles. The topological polar surface area (TPSA) is 80.6 Å². The van der Waals surface area contributed by atoms with E-state index in [0.717, 1.165) is 11.3 Å². The minimum atomic E-state index is -0.691. The number of fused-ring (bicyclic) bond motifs is 1. The Morgan fingerprint density at radius 2 is 1.91 bits per heavy atom. The van der Waals surface area contributed by atoms with Gasteiger partial charge in [-0.3, -0.25) is 19.1 Å². The van der Waals surface area contributed by atoms with Crippen molar-refractivity contribution in [3.8, 4) is 5.69 Å². The molecule has 6 heteroatoms. The molecule has 0 bridgehead atoms. The van der Waals surface area contributed by atoms with Crippen molar-refractivity contribution >= 4 is 11.2 Å². The molecule has 22 heavy (non-hydrogen) atoms. The molecule has 3 heterocycles. The van der Waals surface area contributed by atoms with Crippen molar-refractivity contribution in [3.63, 3.8) is 0 Å². The van der Waals surface area contributed by atoms with E-state index in [-0.39, 0.29) is 5.92 Å². The molecule has 3 aromatic heterocycles. The first-order chi connectivity index (χ1) is 10.5. The average Bonchev–Trinajstić information content (AvgIpc) is 2.49. The lowest BCUT2D eigenvalue weighted by Gasteiger charge is -2.17. The van der Waals surface area contributed by atoms with Gasteiger partial charge in [0.05, 0.1) is 16.9 Å². The molecule has 3 rings (SSSR count). The first kappa shape index (κ1) is 14.2. The minimum Gasteiger partial charge on any atom is -0.301 e. The summed E-state index contributed by atoms with van der Waals surface area (Å²) in [6.07, 6.45) is 3.29. The Bertz CT molecular complexity index is 970. The van der Waals surface area contributed by atoms with Crippen LogP contribution in [-0.4, -0.2) is 19.5 Å². The Labute approximate surface area is 126 Å². The monoisotopic (exact) mass is 296 g/mol. The lowest BCUT2D eigenvalue weighted by molar-refractivity contribution is 0.795. The van der Waals surface area contributed by atoms with E-state index in [2.05, 4.69) is 15.0 Å². The quantitative estimate of drug-likeness (QED) is 0.732. The van der Waals surface area contributed by atoms with Crippen molar-refractivity contribution in [2.24, 2.45) is 0 Å². The molecule has 0 amide bonds. The van der Waals surface area contributed by atoms with Crippen LogP contribution in [0.2, 0.25) is 0 Å². The van der Waals surface area contributed by atoms with Crippen LogP contribution < -0.4 is 11.1 Å². The molecule has 0 atom stereocenters. The number of aromatic amines is 1. The zero-order valence-corrected chi connectivity index (χ0v) is 12.6. The van der Waals surface area contributed by atoms with Gasteiger partial charge in [-0.1, -0.05) is 13.8 Å². The average molecular weight is 296 g/mol. The predicted octanol–water partition coefficient (Wildman–Crippen LogP) is 1.90. The van der Waals surface area contributed by atoms with Gasteiger partial charge in [0.15, 0.2) is 5.65 Å². The fraction of sp³-hybridized carbons (Fsp3) is 0.250. The Morgan fingerprint density at radius 3 is 2.64 bits per heavy atom. The van der Waals surface area contributed by atoms with Crippen LogP contribution in [0.15, 0.2) is 40.2 Å². The van der Waals surface area contributed by atoms with E-state index in [4.69, 9.17) is 0 Å². The van der Waals surface area contributed by atoms with Gasteiger partial charge < -0.3 is 4.98 Å². The normalized spacial score (nSPS) is 11.3. The maximum absolute atomic E-state index is 12.5. The van der Waals surface area contributed by atoms with Crippen molar-refractivity contribution in [1.29, 1.82) is 0 Å². The highest BCUT2D eigenvalue weighted by molar-refractivity contribution is 5.72. The first-order valence-electron chi connectivity index (χ1n) is 7.06. The largest absolute Gasteiger partial charge is 0.321 e. The summed E-state index contributed by atoms with van der Waals surface area (Å²) in [7, 11) is 0. The Kier molecular flexibility index (Phi) is 3.36. The predicted molar refractivity (Wildman–Crippen MR) is 84.6 cm³/mol. The standard InChI is InChI=1S/C16H16N4O2/c1-9(2)12-13(10(3)6-8-17-12)20-11-5-4-7-18-14(11)19-15(21)16(20)22/h4-9H,1-3H3,(H,18,19,21). The van der Waals surface area contributed by atoms with Crippen molar-refractivity contribution in [2.75, 3.05) is 0 Å². The molecule has 3 aromatic rings.